The van der Waals surface area contributed by atoms with Gasteiger partial charge in [0.05, 0.1) is 5.69 Å². The van der Waals surface area contributed by atoms with Crippen LogP contribution < -0.4 is 15.0 Å². The average molecular weight is 433 g/mol. The van der Waals surface area contributed by atoms with Gasteiger partial charge in [0.1, 0.15) is 6.54 Å². The second-order valence-electron chi connectivity index (χ2n) is 7.11. The van der Waals surface area contributed by atoms with Crippen LogP contribution in [0.1, 0.15) is 11.1 Å². The van der Waals surface area contributed by atoms with Gasteiger partial charge >= 0.3 is 0 Å². The SMILES string of the molecule is O=C(CN1C(=O)/C(=C\c2ccccc2)Oc2ccccc21)NCCc1ccc(Cl)cc1. The third kappa shape index (κ3) is 5.13. The van der Waals surface area contributed by atoms with Gasteiger partial charge in [-0.3, -0.25) is 14.5 Å². The number of hydrogen-bond acceptors (Lipinski definition) is 3. The molecule has 31 heavy (non-hydrogen) atoms. The second-order valence-corrected chi connectivity index (χ2v) is 7.54. The number of hydrogen-bond donors (Lipinski definition) is 1. The number of nitrogens with one attached hydrogen (secondary N) is 1. The van der Waals surface area contributed by atoms with E-state index in [4.69, 9.17) is 16.3 Å². The zero-order valence-corrected chi connectivity index (χ0v) is 17.5. The Morgan fingerprint density at radius 3 is 2.45 bits per heavy atom. The first-order valence-electron chi connectivity index (χ1n) is 9.97. The van der Waals surface area contributed by atoms with E-state index in [1.165, 1.54) is 4.90 Å². The summed E-state index contributed by atoms with van der Waals surface area (Å²) in [6, 6.07) is 24.2. The topological polar surface area (TPSA) is 58.6 Å². The Bertz CT molecular complexity index is 1110. The first-order chi connectivity index (χ1) is 15.1. The number of amides is 2. The number of nitrogens with zero attached hydrogens (tertiary/aromatic N) is 1. The molecule has 4 rings (SSSR count). The Morgan fingerprint density at radius 2 is 1.68 bits per heavy atom. The van der Waals surface area contributed by atoms with Crippen LogP contribution >= 0.6 is 11.6 Å². The number of rotatable bonds is 6. The summed E-state index contributed by atoms with van der Waals surface area (Å²) in [7, 11) is 0. The van der Waals surface area contributed by atoms with Gasteiger partial charge in [-0.05, 0) is 47.9 Å². The molecule has 0 aliphatic carbocycles. The van der Waals surface area contributed by atoms with Gasteiger partial charge in [0.15, 0.2) is 11.5 Å². The molecule has 3 aromatic rings. The summed E-state index contributed by atoms with van der Waals surface area (Å²) in [6.07, 6.45) is 2.36. The predicted octanol–water partition coefficient (Wildman–Crippen LogP) is 4.47. The van der Waals surface area contributed by atoms with Crippen molar-refractivity contribution in [2.45, 2.75) is 6.42 Å². The normalized spacial score (nSPS) is 14.2. The van der Waals surface area contributed by atoms with E-state index in [1.807, 2.05) is 66.7 Å². The summed E-state index contributed by atoms with van der Waals surface area (Å²) >= 11 is 5.90. The van der Waals surface area contributed by atoms with Crippen molar-refractivity contribution in [2.24, 2.45) is 0 Å². The molecule has 6 heteroatoms. The molecular formula is C25H21ClN2O3. The molecule has 0 bridgehead atoms. The van der Waals surface area contributed by atoms with E-state index in [-0.39, 0.29) is 24.1 Å². The lowest BCUT2D eigenvalue weighted by Crippen LogP contribution is -2.44. The monoisotopic (exact) mass is 432 g/mol. The molecule has 0 unspecified atom stereocenters. The maximum Gasteiger partial charge on any atom is 0.294 e. The van der Waals surface area contributed by atoms with Crippen molar-refractivity contribution in [1.82, 2.24) is 5.32 Å². The van der Waals surface area contributed by atoms with Crippen molar-refractivity contribution < 1.29 is 14.3 Å². The molecule has 1 N–H and O–H groups in total. The van der Waals surface area contributed by atoms with E-state index in [2.05, 4.69) is 5.32 Å². The van der Waals surface area contributed by atoms with Gasteiger partial charge in [-0.1, -0.05) is 66.2 Å². The zero-order chi connectivity index (χ0) is 21.6. The highest BCUT2D eigenvalue weighted by Gasteiger charge is 2.31. The second kappa shape index (κ2) is 9.49. The molecule has 156 valence electrons. The van der Waals surface area contributed by atoms with E-state index in [1.54, 1.807) is 18.2 Å². The molecule has 5 nitrogen and oxygen atoms in total. The summed E-state index contributed by atoms with van der Waals surface area (Å²) in [5.74, 6) is 0.130. The van der Waals surface area contributed by atoms with Crippen LogP contribution in [0.25, 0.3) is 6.08 Å². The molecular weight excluding hydrogens is 412 g/mol. The lowest BCUT2D eigenvalue weighted by atomic mass is 10.1. The molecule has 0 radical (unpaired) electrons. The van der Waals surface area contributed by atoms with Crippen molar-refractivity contribution in [1.29, 1.82) is 0 Å². The fourth-order valence-electron chi connectivity index (χ4n) is 3.32. The Kier molecular flexibility index (Phi) is 6.34. The number of halogens is 1. The van der Waals surface area contributed by atoms with Gasteiger partial charge in [0.2, 0.25) is 5.91 Å². The number of anilines is 1. The molecule has 1 heterocycles. The zero-order valence-electron chi connectivity index (χ0n) is 16.8. The van der Waals surface area contributed by atoms with E-state index < -0.39 is 0 Å². The third-order valence-electron chi connectivity index (χ3n) is 4.88. The average Bonchev–Trinajstić information content (AvgIpc) is 2.79. The van der Waals surface area contributed by atoms with Gasteiger partial charge in [-0.25, -0.2) is 0 Å². The number of ether oxygens (including phenoxy) is 1. The van der Waals surface area contributed by atoms with Crippen molar-refractivity contribution in [3.05, 3.63) is 101 Å². The summed E-state index contributed by atoms with van der Waals surface area (Å²) < 4.78 is 5.84. The van der Waals surface area contributed by atoms with Crippen LogP contribution in [0, 0.1) is 0 Å². The molecule has 0 spiro atoms. The quantitative estimate of drug-likeness (QED) is 0.585. The molecule has 0 atom stereocenters. The van der Waals surface area contributed by atoms with Crippen molar-refractivity contribution in [3.8, 4) is 5.75 Å². The minimum absolute atomic E-state index is 0.0913. The molecule has 1 aliphatic rings. The summed E-state index contributed by atoms with van der Waals surface area (Å²) in [6.45, 7) is 0.374. The molecule has 2 amide bonds. The van der Waals surface area contributed by atoms with Gasteiger partial charge in [0.25, 0.3) is 5.91 Å². The van der Waals surface area contributed by atoms with E-state index >= 15 is 0 Å². The lowest BCUT2D eigenvalue weighted by molar-refractivity contribution is -0.123. The Balaban J connectivity index is 1.46. The Labute approximate surface area is 185 Å². The van der Waals surface area contributed by atoms with Crippen LogP contribution in [0.2, 0.25) is 5.02 Å². The van der Waals surface area contributed by atoms with Gasteiger partial charge in [-0.15, -0.1) is 0 Å². The standard InChI is InChI=1S/C25H21ClN2O3/c26-20-12-10-18(11-13-20)14-15-27-24(29)17-28-21-8-4-5-9-22(21)31-23(25(28)30)16-19-6-2-1-3-7-19/h1-13,16H,14-15,17H2,(H,27,29)/b23-16+. The van der Waals surface area contributed by atoms with Crippen LogP contribution in [0.3, 0.4) is 0 Å². The minimum atomic E-state index is -0.351. The Morgan fingerprint density at radius 1 is 0.968 bits per heavy atom. The molecule has 1 aliphatic heterocycles. The number of benzene rings is 3. The number of fused-ring (bicyclic) bond motifs is 1. The van der Waals surface area contributed by atoms with Crippen LogP contribution in [0.4, 0.5) is 5.69 Å². The third-order valence-corrected chi connectivity index (χ3v) is 5.13. The van der Waals surface area contributed by atoms with E-state index in [0.29, 0.717) is 29.4 Å². The molecule has 0 aromatic heterocycles. The summed E-state index contributed by atoms with van der Waals surface area (Å²) in [4.78, 5) is 27.1. The predicted molar refractivity (Wildman–Crippen MR) is 122 cm³/mol. The molecule has 0 saturated heterocycles. The fourth-order valence-corrected chi connectivity index (χ4v) is 3.44. The number of carbonyl (C=O) groups is 2. The van der Waals surface area contributed by atoms with Crippen molar-refractivity contribution in [3.63, 3.8) is 0 Å². The van der Waals surface area contributed by atoms with Gasteiger partial charge in [-0.2, -0.15) is 0 Å². The smallest absolute Gasteiger partial charge is 0.294 e. The van der Waals surface area contributed by atoms with Crippen LogP contribution in [-0.4, -0.2) is 24.9 Å². The maximum atomic E-state index is 13.1. The fraction of sp³-hybridized carbons (Fsp3) is 0.120. The largest absolute Gasteiger partial charge is 0.449 e. The highest BCUT2D eigenvalue weighted by Crippen LogP contribution is 2.35. The van der Waals surface area contributed by atoms with Gasteiger partial charge < -0.3 is 10.1 Å². The van der Waals surface area contributed by atoms with Crippen LogP contribution in [0.5, 0.6) is 5.75 Å². The first kappa shape index (κ1) is 20.7. The Hall–Kier alpha value is -3.57. The van der Waals surface area contributed by atoms with E-state index in [9.17, 15) is 9.59 Å². The van der Waals surface area contributed by atoms with Crippen LogP contribution in [-0.2, 0) is 16.0 Å². The molecule has 0 fully saturated rings. The maximum absolute atomic E-state index is 13.1. The van der Waals surface area contributed by atoms with E-state index in [0.717, 1.165) is 11.1 Å². The van der Waals surface area contributed by atoms with Crippen LogP contribution in [0.15, 0.2) is 84.6 Å². The number of para-hydroxylation sites is 2. The first-order valence-corrected chi connectivity index (χ1v) is 10.3. The van der Waals surface area contributed by atoms with Crippen molar-refractivity contribution in [2.75, 3.05) is 18.0 Å². The minimum Gasteiger partial charge on any atom is -0.449 e. The number of carbonyl (C=O) groups excluding carboxylic acids is 2. The van der Waals surface area contributed by atoms with Crippen molar-refractivity contribution >= 4 is 35.2 Å². The highest BCUT2D eigenvalue weighted by atomic mass is 35.5. The molecule has 0 saturated carbocycles. The lowest BCUT2D eigenvalue weighted by Gasteiger charge is -2.30. The van der Waals surface area contributed by atoms with Gasteiger partial charge in [0, 0.05) is 11.6 Å². The highest BCUT2D eigenvalue weighted by molar-refractivity contribution is 6.30. The summed E-state index contributed by atoms with van der Waals surface area (Å²) in [5.41, 5.74) is 2.49. The molecule has 3 aromatic carbocycles. The summed E-state index contributed by atoms with van der Waals surface area (Å²) in [5, 5.41) is 3.56.